The normalized spacial score (nSPS) is 11.0. The molecule has 2 rings (SSSR count). The van der Waals surface area contributed by atoms with E-state index in [0.29, 0.717) is 5.71 Å². The fourth-order valence-corrected chi connectivity index (χ4v) is 1.72. The Labute approximate surface area is 125 Å². The summed E-state index contributed by atoms with van der Waals surface area (Å²) in [5.74, 6) is -1.29. The second-order valence-corrected chi connectivity index (χ2v) is 4.41. The van der Waals surface area contributed by atoms with E-state index in [0.717, 1.165) is 17.7 Å². The number of nitro groups is 1. The monoisotopic (exact) mass is 300 g/mol. The Hall–Kier alpha value is -3.22. The van der Waals surface area contributed by atoms with Crippen LogP contribution in [0.2, 0.25) is 0 Å². The summed E-state index contributed by atoms with van der Waals surface area (Å²) < 4.78 is 0. The van der Waals surface area contributed by atoms with Crippen molar-refractivity contribution in [3.05, 3.63) is 69.8 Å². The van der Waals surface area contributed by atoms with Crippen LogP contribution in [0.3, 0.4) is 0 Å². The van der Waals surface area contributed by atoms with Gasteiger partial charge in [0.15, 0.2) is 5.75 Å². The van der Waals surface area contributed by atoms with Crippen LogP contribution < -0.4 is 4.84 Å². The summed E-state index contributed by atoms with van der Waals surface area (Å²) in [6, 6.07) is 12.5. The summed E-state index contributed by atoms with van der Waals surface area (Å²) in [5.41, 5.74) is 0.773. The van der Waals surface area contributed by atoms with Crippen molar-refractivity contribution in [2.45, 2.75) is 6.92 Å². The Morgan fingerprint density at radius 3 is 2.45 bits per heavy atom. The van der Waals surface area contributed by atoms with Crippen LogP contribution in [-0.4, -0.2) is 21.7 Å². The fraction of sp³-hybridized carbons (Fsp3) is 0.0667. The largest absolute Gasteiger partial charge is 0.478 e. The Morgan fingerprint density at radius 2 is 1.86 bits per heavy atom. The lowest BCUT2D eigenvalue weighted by Crippen LogP contribution is -2.01. The number of rotatable bonds is 5. The number of carboxylic acids is 1. The van der Waals surface area contributed by atoms with Crippen molar-refractivity contribution in [3.63, 3.8) is 0 Å². The van der Waals surface area contributed by atoms with Gasteiger partial charge < -0.3 is 9.94 Å². The third kappa shape index (κ3) is 3.66. The summed E-state index contributed by atoms with van der Waals surface area (Å²) in [7, 11) is 0. The maximum atomic E-state index is 11.0. The van der Waals surface area contributed by atoms with Gasteiger partial charge in [-0.3, -0.25) is 10.1 Å². The Balaban J connectivity index is 2.29. The van der Waals surface area contributed by atoms with Crippen molar-refractivity contribution in [1.29, 1.82) is 0 Å². The molecule has 0 aromatic heterocycles. The topological polar surface area (TPSA) is 102 Å². The third-order valence-corrected chi connectivity index (χ3v) is 2.83. The molecule has 112 valence electrons. The number of hydrogen-bond donors (Lipinski definition) is 1. The van der Waals surface area contributed by atoms with Gasteiger partial charge >= 0.3 is 5.97 Å². The molecule has 0 unspecified atom stereocenters. The van der Waals surface area contributed by atoms with Crippen LogP contribution in [0.15, 0.2) is 53.7 Å². The van der Waals surface area contributed by atoms with Crippen molar-refractivity contribution in [3.8, 4) is 5.75 Å². The molecule has 0 atom stereocenters. The fourth-order valence-electron chi connectivity index (χ4n) is 1.72. The Morgan fingerprint density at radius 1 is 1.18 bits per heavy atom. The summed E-state index contributed by atoms with van der Waals surface area (Å²) in [5, 5.41) is 23.6. The van der Waals surface area contributed by atoms with Crippen LogP contribution in [0.4, 0.5) is 5.69 Å². The molecule has 0 fully saturated rings. The van der Waals surface area contributed by atoms with Crippen LogP contribution in [-0.2, 0) is 0 Å². The van der Waals surface area contributed by atoms with Crippen molar-refractivity contribution < 1.29 is 19.7 Å². The Bertz CT molecular complexity index is 709. The first-order valence-electron chi connectivity index (χ1n) is 6.27. The number of hydrogen-bond acceptors (Lipinski definition) is 5. The number of oxime groups is 1. The van der Waals surface area contributed by atoms with E-state index in [2.05, 4.69) is 5.16 Å². The summed E-state index contributed by atoms with van der Waals surface area (Å²) in [4.78, 5) is 26.2. The molecule has 0 aliphatic rings. The lowest BCUT2D eigenvalue weighted by molar-refractivity contribution is -0.385. The zero-order valence-electron chi connectivity index (χ0n) is 11.6. The van der Waals surface area contributed by atoms with Crippen LogP contribution in [0.5, 0.6) is 5.75 Å². The van der Waals surface area contributed by atoms with Gasteiger partial charge in [0.05, 0.1) is 22.3 Å². The molecule has 0 heterocycles. The minimum Gasteiger partial charge on any atom is -0.478 e. The van der Waals surface area contributed by atoms with Crippen LogP contribution in [0, 0.1) is 10.1 Å². The van der Waals surface area contributed by atoms with E-state index in [1.54, 1.807) is 6.92 Å². The first-order valence-corrected chi connectivity index (χ1v) is 6.27. The van der Waals surface area contributed by atoms with Gasteiger partial charge in [0.1, 0.15) is 0 Å². The molecule has 2 aromatic carbocycles. The molecule has 0 spiro atoms. The van der Waals surface area contributed by atoms with Crippen molar-refractivity contribution in [2.24, 2.45) is 5.16 Å². The molecule has 0 saturated heterocycles. The molecule has 0 saturated carbocycles. The minimum absolute atomic E-state index is 0.0121. The predicted octanol–water partition coefficient (Wildman–Crippen LogP) is 3.10. The minimum atomic E-state index is -1.28. The highest BCUT2D eigenvalue weighted by Crippen LogP contribution is 2.23. The van der Waals surface area contributed by atoms with Crippen LogP contribution in [0.25, 0.3) is 0 Å². The number of carbonyl (C=O) groups is 1. The SMILES string of the molecule is C/C(=N/Oc1cc(C(=O)O)cc([N+](=O)[O-])c1)c1ccccc1. The standard InChI is InChI=1S/C15H12N2O5/c1-10(11-5-3-2-4-6-11)16-22-14-8-12(15(18)19)7-13(9-14)17(20)21/h2-9H,1H3,(H,18,19)/b16-10-. The molecule has 0 amide bonds. The van der Waals surface area contributed by atoms with Gasteiger partial charge in [-0.25, -0.2) is 4.79 Å². The summed E-state index contributed by atoms with van der Waals surface area (Å²) in [6.07, 6.45) is 0. The first-order chi connectivity index (χ1) is 10.5. The number of carboxylic acid groups (broad SMARTS) is 1. The van der Waals surface area contributed by atoms with Gasteiger partial charge in [-0.1, -0.05) is 35.5 Å². The van der Waals surface area contributed by atoms with Gasteiger partial charge in [0.2, 0.25) is 0 Å². The maximum Gasteiger partial charge on any atom is 0.336 e. The third-order valence-electron chi connectivity index (χ3n) is 2.83. The quantitative estimate of drug-likeness (QED) is 0.519. The lowest BCUT2D eigenvalue weighted by Gasteiger charge is -2.03. The van der Waals surface area contributed by atoms with Crippen LogP contribution >= 0.6 is 0 Å². The average Bonchev–Trinajstić information content (AvgIpc) is 2.53. The zero-order chi connectivity index (χ0) is 16.1. The molecule has 22 heavy (non-hydrogen) atoms. The highest BCUT2D eigenvalue weighted by Gasteiger charge is 2.14. The molecular weight excluding hydrogens is 288 g/mol. The van der Waals surface area contributed by atoms with Gasteiger partial charge in [0.25, 0.3) is 5.69 Å². The summed E-state index contributed by atoms with van der Waals surface area (Å²) >= 11 is 0. The Kier molecular flexibility index (Phi) is 4.47. The zero-order valence-corrected chi connectivity index (χ0v) is 11.6. The highest BCUT2D eigenvalue weighted by atomic mass is 16.6. The molecule has 1 N–H and O–H groups in total. The number of aromatic carboxylic acids is 1. The number of nitrogens with zero attached hydrogens (tertiary/aromatic N) is 2. The van der Waals surface area contributed by atoms with Crippen molar-refractivity contribution in [2.75, 3.05) is 0 Å². The van der Waals surface area contributed by atoms with Gasteiger partial charge in [-0.15, -0.1) is 0 Å². The van der Waals surface area contributed by atoms with E-state index in [-0.39, 0.29) is 17.0 Å². The number of nitro benzene ring substituents is 1. The second kappa shape index (κ2) is 6.49. The van der Waals surface area contributed by atoms with E-state index in [1.807, 2.05) is 30.3 Å². The van der Waals surface area contributed by atoms with Crippen molar-refractivity contribution in [1.82, 2.24) is 0 Å². The van der Waals surface area contributed by atoms with E-state index in [9.17, 15) is 14.9 Å². The smallest absolute Gasteiger partial charge is 0.336 e. The maximum absolute atomic E-state index is 11.0. The molecule has 0 aliphatic heterocycles. The van der Waals surface area contributed by atoms with E-state index in [4.69, 9.17) is 9.94 Å². The summed E-state index contributed by atoms with van der Waals surface area (Å²) in [6.45, 7) is 1.71. The molecule has 7 heteroatoms. The van der Waals surface area contributed by atoms with Gasteiger partial charge in [-0.2, -0.15) is 0 Å². The van der Waals surface area contributed by atoms with Crippen molar-refractivity contribution >= 4 is 17.4 Å². The predicted molar refractivity (Wildman–Crippen MR) is 79.3 cm³/mol. The molecule has 0 aliphatic carbocycles. The lowest BCUT2D eigenvalue weighted by atomic mass is 10.1. The van der Waals surface area contributed by atoms with E-state index < -0.39 is 10.9 Å². The average molecular weight is 300 g/mol. The van der Waals surface area contributed by atoms with E-state index in [1.165, 1.54) is 6.07 Å². The van der Waals surface area contributed by atoms with Crippen LogP contribution in [0.1, 0.15) is 22.8 Å². The van der Waals surface area contributed by atoms with Gasteiger partial charge in [0, 0.05) is 6.07 Å². The highest BCUT2D eigenvalue weighted by molar-refractivity contribution is 5.98. The molecule has 0 radical (unpaired) electrons. The molecule has 0 bridgehead atoms. The molecule has 7 nitrogen and oxygen atoms in total. The van der Waals surface area contributed by atoms with Gasteiger partial charge in [-0.05, 0) is 18.6 Å². The number of non-ortho nitro benzene ring substituents is 1. The molecular formula is C15H12N2O5. The first kappa shape index (κ1) is 15.2. The molecule has 2 aromatic rings. The number of benzene rings is 2. The second-order valence-electron chi connectivity index (χ2n) is 4.41. The van der Waals surface area contributed by atoms with E-state index >= 15 is 0 Å².